The summed E-state index contributed by atoms with van der Waals surface area (Å²) in [4.78, 5) is 14.2. The number of nitrogens with zero attached hydrogens (tertiary/aromatic N) is 2. The number of ether oxygens (including phenoxy) is 1. The van der Waals surface area contributed by atoms with Crippen LogP contribution in [-0.4, -0.2) is 48.3 Å². The first kappa shape index (κ1) is 20.6. The predicted octanol–water partition coefficient (Wildman–Crippen LogP) is 2.56. The zero-order valence-corrected chi connectivity index (χ0v) is 16.8. The smallest absolute Gasteiger partial charge is 0.232 e. The summed E-state index contributed by atoms with van der Waals surface area (Å²) in [5.41, 5.74) is 2.18. The molecule has 2 aromatic carbocycles. The van der Waals surface area contributed by atoms with Gasteiger partial charge in [0, 0.05) is 38.4 Å². The predicted molar refractivity (Wildman–Crippen MR) is 109 cm³/mol. The lowest BCUT2D eigenvalue weighted by atomic mass is 10.2. The van der Waals surface area contributed by atoms with Crippen LogP contribution in [0.2, 0.25) is 0 Å². The Morgan fingerprint density at radius 3 is 2.04 bits per heavy atom. The van der Waals surface area contributed by atoms with Crippen molar-refractivity contribution in [3.05, 3.63) is 48.5 Å². The molecule has 0 spiro atoms. The van der Waals surface area contributed by atoms with E-state index in [1.165, 1.54) is 4.31 Å². The summed E-state index contributed by atoms with van der Waals surface area (Å²) >= 11 is 0. The largest absolute Gasteiger partial charge is 0.497 e. The van der Waals surface area contributed by atoms with E-state index in [2.05, 4.69) is 5.32 Å². The van der Waals surface area contributed by atoms with E-state index in [9.17, 15) is 13.2 Å². The Bertz CT molecular complexity index is 863. The SMILES string of the molecule is COc1ccc(N(CCC(=O)Nc2ccc(N(C)C)cc2)S(C)(=O)=O)cc1. The van der Waals surface area contributed by atoms with Crippen LogP contribution in [0.15, 0.2) is 48.5 Å². The van der Waals surface area contributed by atoms with Crippen LogP contribution in [0.1, 0.15) is 6.42 Å². The van der Waals surface area contributed by atoms with Crippen LogP contribution in [0.4, 0.5) is 17.1 Å². The van der Waals surface area contributed by atoms with Crippen LogP contribution in [0.3, 0.4) is 0 Å². The zero-order chi connectivity index (χ0) is 20.0. The molecule has 0 aliphatic heterocycles. The highest BCUT2D eigenvalue weighted by atomic mass is 32.2. The van der Waals surface area contributed by atoms with Crippen LogP contribution in [0.5, 0.6) is 5.75 Å². The van der Waals surface area contributed by atoms with Gasteiger partial charge in [0.2, 0.25) is 15.9 Å². The lowest BCUT2D eigenvalue weighted by Crippen LogP contribution is -2.33. The van der Waals surface area contributed by atoms with Gasteiger partial charge < -0.3 is 15.0 Å². The average molecular weight is 391 g/mol. The quantitative estimate of drug-likeness (QED) is 0.748. The molecule has 0 aliphatic carbocycles. The fourth-order valence-electron chi connectivity index (χ4n) is 2.50. The van der Waals surface area contributed by atoms with Gasteiger partial charge in [0.15, 0.2) is 0 Å². The second-order valence-corrected chi connectivity index (χ2v) is 8.18. The Balaban J connectivity index is 2.02. The molecule has 0 fully saturated rings. The second-order valence-electron chi connectivity index (χ2n) is 6.27. The number of sulfonamides is 1. The van der Waals surface area contributed by atoms with Crippen LogP contribution in [-0.2, 0) is 14.8 Å². The molecule has 7 nitrogen and oxygen atoms in total. The molecule has 0 saturated heterocycles. The number of hydrogen-bond acceptors (Lipinski definition) is 5. The molecular formula is C19H25N3O4S. The minimum Gasteiger partial charge on any atom is -0.497 e. The molecule has 2 aromatic rings. The first-order valence-electron chi connectivity index (χ1n) is 8.39. The van der Waals surface area contributed by atoms with Gasteiger partial charge in [-0.15, -0.1) is 0 Å². The van der Waals surface area contributed by atoms with Crippen molar-refractivity contribution < 1.29 is 17.9 Å². The molecule has 2 rings (SSSR count). The third-order valence-corrected chi connectivity index (χ3v) is 5.16. The molecule has 0 radical (unpaired) electrons. The number of amides is 1. The molecule has 0 heterocycles. The van der Waals surface area contributed by atoms with Crippen molar-refractivity contribution >= 4 is 33.0 Å². The van der Waals surface area contributed by atoms with Gasteiger partial charge in [0.05, 0.1) is 19.1 Å². The third-order valence-electron chi connectivity index (χ3n) is 3.97. The van der Waals surface area contributed by atoms with E-state index in [0.29, 0.717) is 17.1 Å². The van der Waals surface area contributed by atoms with Crippen LogP contribution >= 0.6 is 0 Å². The lowest BCUT2D eigenvalue weighted by molar-refractivity contribution is -0.116. The van der Waals surface area contributed by atoms with Crippen molar-refractivity contribution in [2.45, 2.75) is 6.42 Å². The van der Waals surface area contributed by atoms with E-state index in [-0.39, 0.29) is 18.9 Å². The number of benzene rings is 2. The highest BCUT2D eigenvalue weighted by Gasteiger charge is 2.18. The Morgan fingerprint density at radius 2 is 1.56 bits per heavy atom. The standard InChI is InChI=1S/C19H25N3O4S/c1-21(2)16-7-5-15(6-8-16)20-19(23)13-14-22(27(4,24)25)17-9-11-18(26-3)12-10-17/h5-12H,13-14H2,1-4H3,(H,20,23). The van der Waals surface area contributed by atoms with Gasteiger partial charge in [0.25, 0.3) is 0 Å². The highest BCUT2D eigenvalue weighted by Crippen LogP contribution is 2.22. The number of nitrogens with one attached hydrogen (secondary N) is 1. The molecule has 1 N–H and O–H groups in total. The van der Waals surface area contributed by atoms with E-state index in [4.69, 9.17) is 4.74 Å². The Labute approximate surface area is 160 Å². The minimum atomic E-state index is -3.51. The zero-order valence-electron chi connectivity index (χ0n) is 16.0. The summed E-state index contributed by atoms with van der Waals surface area (Å²) < 4.78 is 30.5. The van der Waals surface area contributed by atoms with Crippen molar-refractivity contribution in [3.63, 3.8) is 0 Å². The highest BCUT2D eigenvalue weighted by molar-refractivity contribution is 7.92. The molecule has 0 unspecified atom stereocenters. The van der Waals surface area contributed by atoms with Gasteiger partial charge in [0.1, 0.15) is 5.75 Å². The Hall–Kier alpha value is -2.74. The number of methoxy groups -OCH3 is 1. The normalized spacial score (nSPS) is 11.0. The summed E-state index contributed by atoms with van der Waals surface area (Å²) in [6.07, 6.45) is 1.16. The van der Waals surface area contributed by atoms with E-state index < -0.39 is 10.0 Å². The maximum Gasteiger partial charge on any atom is 0.232 e. The maximum absolute atomic E-state index is 12.2. The summed E-state index contributed by atoms with van der Waals surface area (Å²) in [5.74, 6) is 0.376. The molecule has 0 aromatic heterocycles. The fraction of sp³-hybridized carbons (Fsp3) is 0.316. The van der Waals surface area contributed by atoms with Crippen LogP contribution in [0, 0.1) is 0 Å². The molecule has 0 aliphatic rings. The number of carbonyl (C=O) groups excluding carboxylic acids is 1. The summed E-state index contributed by atoms with van der Waals surface area (Å²) in [6, 6.07) is 14.1. The molecule has 0 bridgehead atoms. The van der Waals surface area contributed by atoms with Gasteiger partial charge in [-0.1, -0.05) is 0 Å². The summed E-state index contributed by atoms with van der Waals surface area (Å²) in [7, 11) is 1.90. The van der Waals surface area contributed by atoms with E-state index in [0.717, 1.165) is 11.9 Å². The van der Waals surface area contributed by atoms with Crippen molar-refractivity contribution in [2.75, 3.05) is 48.5 Å². The Kier molecular flexibility index (Phi) is 6.68. The van der Waals surface area contributed by atoms with Crippen LogP contribution in [0.25, 0.3) is 0 Å². The van der Waals surface area contributed by atoms with Crippen molar-refractivity contribution in [1.29, 1.82) is 0 Å². The van der Waals surface area contributed by atoms with E-state index in [1.807, 2.05) is 43.3 Å². The molecule has 8 heteroatoms. The Morgan fingerprint density at radius 1 is 1.00 bits per heavy atom. The number of hydrogen-bond donors (Lipinski definition) is 1. The first-order chi connectivity index (χ1) is 12.7. The van der Waals surface area contributed by atoms with Crippen molar-refractivity contribution in [3.8, 4) is 5.75 Å². The number of carbonyl (C=O) groups is 1. The van der Waals surface area contributed by atoms with Crippen molar-refractivity contribution in [1.82, 2.24) is 0 Å². The molecule has 0 atom stereocenters. The fourth-order valence-corrected chi connectivity index (χ4v) is 3.43. The van der Waals surface area contributed by atoms with Gasteiger partial charge >= 0.3 is 0 Å². The first-order valence-corrected chi connectivity index (χ1v) is 10.2. The van der Waals surface area contributed by atoms with Crippen LogP contribution < -0.4 is 19.3 Å². The molecule has 1 amide bonds. The van der Waals surface area contributed by atoms with Crippen molar-refractivity contribution in [2.24, 2.45) is 0 Å². The van der Waals surface area contributed by atoms with Gasteiger partial charge in [-0.05, 0) is 48.5 Å². The topological polar surface area (TPSA) is 79.0 Å². The number of anilines is 3. The lowest BCUT2D eigenvalue weighted by Gasteiger charge is -2.22. The monoisotopic (exact) mass is 391 g/mol. The molecule has 146 valence electrons. The van der Waals surface area contributed by atoms with E-state index >= 15 is 0 Å². The van der Waals surface area contributed by atoms with E-state index in [1.54, 1.807) is 31.4 Å². The van der Waals surface area contributed by atoms with Gasteiger partial charge in [-0.25, -0.2) is 8.42 Å². The second kappa shape index (κ2) is 8.77. The van der Waals surface area contributed by atoms with Gasteiger partial charge in [-0.2, -0.15) is 0 Å². The molecule has 27 heavy (non-hydrogen) atoms. The summed E-state index contributed by atoms with van der Waals surface area (Å²) in [5, 5.41) is 2.79. The molecular weight excluding hydrogens is 366 g/mol. The molecule has 0 saturated carbocycles. The third kappa shape index (κ3) is 5.89. The summed E-state index contributed by atoms with van der Waals surface area (Å²) in [6.45, 7) is 0.0484. The minimum absolute atomic E-state index is 0.0362. The van der Waals surface area contributed by atoms with Gasteiger partial charge in [-0.3, -0.25) is 9.10 Å². The number of rotatable bonds is 8. The average Bonchev–Trinajstić information content (AvgIpc) is 2.61. The maximum atomic E-state index is 12.2.